The van der Waals surface area contributed by atoms with Gasteiger partial charge in [-0.3, -0.25) is 4.79 Å². The van der Waals surface area contributed by atoms with E-state index in [1.165, 1.54) is 39.1 Å². The van der Waals surface area contributed by atoms with Crippen LogP contribution in [0.25, 0.3) is 0 Å². The molecule has 1 rings (SSSR count). The lowest BCUT2D eigenvalue weighted by Crippen LogP contribution is -2.46. The summed E-state index contributed by atoms with van der Waals surface area (Å²) in [6.07, 6.45) is -0.895. The van der Waals surface area contributed by atoms with Crippen LogP contribution in [0.15, 0.2) is 24.3 Å². The van der Waals surface area contributed by atoms with Gasteiger partial charge in [-0.05, 0) is 26.0 Å². The van der Waals surface area contributed by atoms with Crippen LogP contribution in [0, 0.1) is 5.82 Å². The number of carboxylic acids is 1. The summed E-state index contributed by atoms with van der Waals surface area (Å²) in [6, 6.07) is 4.45. The highest BCUT2D eigenvalue weighted by Crippen LogP contribution is 2.15. The van der Waals surface area contributed by atoms with Gasteiger partial charge < -0.3 is 14.7 Å². The average molecular weight is 269 g/mol. The highest BCUT2D eigenvalue weighted by Gasteiger charge is 2.26. The van der Waals surface area contributed by atoms with Gasteiger partial charge in [-0.1, -0.05) is 6.07 Å². The molecular formula is C13H16FNO4. The number of likely N-dealkylation sites (N-methyl/N-ethyl adjacent to an activating group) is 1. The Labute approximate surface area is 110 Å². The molecule has 0 heterocycles. The first-order valence-corrected chi connectivity index (χ1v) is 5.74. The normalized spacial score (nSPS) is 13.5. The van der Waals surface area contributed by atoms with Crippen LogP contribution in [0.4, 0.5) is 4.39 Å². The maximum atomic E-state index is 13.0. The summed E-state index contributed by atoms with van der Waals surface area (Å²) < 4.78 is 18.2. The highest BCUT2D eigenvalue weighted by molar-refractivity contribution is 5.85. The Morgan fingerprint density at radius 3 is 2.53 bits per heavy atom. The van der Waals surface area contributed by atoms with E-state index in [9.17, 15) is 14.0 Å². The van der Waals surface area contributed by atoms with Crippen LogP contribution >= 0.6 is 0 Å². The number of hydrogen-bond acceptors (Lipinski definition) is 3. The maximum absolute atomic E-state index is 13.0. The third-order valence-corrected chi connectivity index (χ3v) is 2.74. The van der Waals surface area contributed by atoms with Crippen molar-refractivity contribution >= 4 is 11.9 Å². The van der Waals surface area contributed by atoms with Gasteiger partial charge in [-0.2, -0.15) is 0 Å². The van der Waals surface area contributed by atoms with E-state index in [4.69, 9.17) is 9.84 Å². The third kappa shape index (κ3) is 3.94. The van der Waals surface area contributed by atoms with Crippen LogP contribution in [0.3, 0.4) is 0 Å². The number of halogens is 1. The zero-order chi connectivity index (χ0) is 14.6. The van der Waals surface area contributed by atoms with Crippen molar-refractivity contribution in [3.63, 3.8) is 0 Å². The average Bonchev–Trinajstić information content (AvgIpc) is 2.35. The van der Waals surface area contributed by atoms with Gasteiger partial charge in [0.15, 0.2) is 6.10 Å². The lowest BCUT2D eigenvalue weighted by atomic mass is 10.2. The van der Waals surface area contributed by atoms with Crippen molar-refractivity contribution in [3.05, 3.63) is 30.1 Å². The van der Waals surface area contributed by atoms with Crippen molar-refractivity contribution < 1.29 is 23.8 Å². The van der Waals surface area contributed by atoms with Crippen LogP contribution in [-0.4, -0.2) is 41.1 Å². The van der Waals surface area contributed by atoms with Gasteiger partial charge in [0.2, 0.25) is 0 Å². The SMILES string of the molecule is CC(Oc1cccc(F)c1)C(=O)N(C)C(C)C(=O)O. The Hall–Kier alpha value is -2.11. The minimum absolute atomic E-state index is 0.220. The number of benzene rings is 1. The summed E-state index contributed by atoms with van der Waals surface area (Å²) in [5, 5.41) is 8.82. The summed E-state index contributed by atoms with van der Waals surface area (Å²) in [5.74, 6) is -1.84. The molecule has 2 unspecified atom stereocenters. The number of ether oxygens (including phenoxy) is 1. The minimum Gasteiger partial charge on any atom is -0.481 e. The molecule has 0 saturated heterocycles. The lowest BCUT2D eigenvalue weighted by Gasteiger charge is -2.25. The second kappa shape index (κ2) is 6.17. The van der Waals surface area contributed by atoms with Crippen LogP contribution in [0.5, 0.6) is 5.75 Å². The Morgan fingerprint density at radius 1 is 1.37 bits per heavy atom. The standard InChI is InChI=1S/C13H16FNO4/c1-8(13(17)18)15(3)12(16)9(2)19-11-6-4-5-10(14)7-11/h4-9H,1-3H3,(H,17,18). The molecule has 0 bridgehead atoms. The maximum Gasteiger partial charge on any atom is 0.326 e. The molecule has 6 heteroatoms. The first-order valence-electron chi connectivity index (χ1n) is 5.74. The van der Waals surface area contributed by atoms with E-state index in [1.54, 1.807) is 0 Å². The topological polar surface area (TPSA) is 66.8 Å². The predicted octanol–water partition coefficient (Wildman–Crippen LogP) is 1.52. The van der Waals surface area contributed by atoms with E-state index in [0.717, 1.165) is 11.0 Å². The number of hydrogen-bond donors (Lipinski definition) is 1. The van der Waals surface area contributed by atoms with E-state index in [-0.39, 0.29) is 5.75 Å². The number of amides is 1. The largest absolute Gasteiger partial charge is 0.481 e. The molecule has 1 amide bonds. The Morgan fingerprint density at radius 2 is 2.00 bits per heavy atom. The van der Waals surface area contributed by atoms with E-state index < -0.39 is 29.8 Å². The number of aliphatic carboxylic acids is 1. The smallest absolute Gasteiger partial charge is 0.326 e. The van der Waals surface area contributed by atoms with Crippen molar-refractivity contribution in [2.45, 2.75) is 26.0 Å². The van der Waals surface area contributed by atoms with Gasteiger partial charge in [0, 0.05) is 13.1 Å². The molecule has 104 valence electrons. The Kier molecular flexibility index (Phi) is 4.86. The number of nitrogens with zero attached hydrogens (tertiary/aromatic N) is 1. The second-order valence-electron chi connectivity index (χ2n) is 4.18. The number of carbonyl (C=O) groups excluding carboxylic acids is 1. The Bertz CT molecular complexity index is 477. The number of carbonyl (C=O) groups is 2. The fourth-order valence-electron chi connectivity index (χ4n) is 1.44. The molecule has 0 aromatic heterocycles. The monoisotopic (exact) mass is 269 g/mol. The molecule has 0 aliphatic carbocycles. The minimum atomic E-state index is -1.10. The predicted molar refractivity (Wildman–Crippen MR) is 66.4 cm³/mol. The first-order chi connectivity index (χ1) is 8.82. The zero-order valence-corrected chi connectivity index (χ0v) is 11.0. The quantitative estimate of drug-likeness (QED) is 0.880. The van der Waals surface area contributed by atoms with E-state index >= 15 is 0 Å². The van der Waals surface area contributed by atoms with Crippen molar-refractivity contribution in [3.8, 4) is 5.75 Å². The van der Waals surface area contributed by atoms with Gasteiger partial charge in [0.05, 0.1) is 0 Å². The third-order valence-electron chi connectivity index (χ3n) is 2.74. The van der Waals surface area contributed by atoms with Crippen LogP contribution in [-0.2, 0) is 9.59 Å². The van der Waals surface area contributed by atoms with Gasteiger partial charge in [-0.25, -0.2) is 9.18 Å². The highest BCUT2D eigenvalue weighted by atomic mass is 19.1. The first kappa shape index (κ1) is 14.9. The fraction of sp³-hybridized carbons (Fsp3) is 0.385. The molecule has 1 aromatic carbocycles. The molecule has 0 radical (unpaired) electrons. The molecular weight excluding hydrogens is 253 g/mol. The lowest BCUT2D eigenvalue weighted by molar-refractivity contribution is -0.150. The van der Waals surface area contributed by atoms with Crippen LogP contribution < -0.4 is 4.74 Å². The van der Waals surface area contributed by atoms with E-state index in [1.807, 2.05) is 0 Å². The van der Waals surface area contributed by atoms with Crippen LogP contribution in [0.2, 0.25) is 0 Å². The zero-order valence-electron chi connectivity index (χ0n) is 11.0. The van der Waals surface area contributed by atoms with Gasteiger partial charge in [-0.15, -0.1) is 0 Å². The summed E-state index contributed by atoms with van der Waals surface area (Å²) in [6.45, 7) is 2.88. The molecule has 0 aliphatic heterocycles. The van der Waals surface area contributed by atoms with Crippen molar-refractivity contribution in [1.82, 2.24) is 4.90 Å². The number of rotatable bonds is 5. The molecule has 1 aromatic rings. The summed E-state index contributed by atoms with van der Waals surface area (Å²) in [7, 11) is 1.38. The summed E-state index contributed by atoms with van der Waals surface area (Å²) >= 11 is 0. The molecule has 0 saturated carbocycles. The van der Waals surface area contributed by atoms with Gasteiger partial charge in [0.25, 0.3) is 5.91 Å². The summed E-state index contributed by atoms with van der Waals surface area (Å²) in [5.41, 5.74) is 0. The molecule has 0 spiro atoms. The second-order valence-corrected chi connectivity index (χ2v) is 4.18. The molecule has 19 heavy (non-hydrogen) atoms. The van der Waals surface area contributed by atoms with Crippen LogP contribution in [0.1, 0.15) is 13.8 Å². The van der Waals surface area contributed by atoms with Gasteiger partial charge >= 0.3 is 5.97 Å². The van der Waals surface area contributed by atoms with E-state index in [0.29, 0.717) is 0 Å². The van der Waals surface area contributed by atoms with E-state index in [2.05, 4.69) is 0 Å². The number of carboxylic acid groups (broad SMARTS) is 1. The van der Waals surface area contributed by atoms with Crippen molar-refractivity contribution in [2.75, 3.05) is 7.05 Å². The molecule has 1 N–H and O–H groups in total. The van der Waals surface area contributed by atoms with Crippen molar-refractivity contribution in [2.24, 2.45) is 0 Å². The van der Waals surface area contributed by atoms with Crippen molar-refractivity contribution in [1.29, 1.82) is 0 Å². The van der Waals surface area contributed by atoms with Gasteiger partial charge in [0.1, 0.15) is 17.6 Å². The Balaban J connectivity index is 2.70. The fourth-order valence-corrected chi connectivity index (χ4v) is 1.44. The molecule has 0 fully saturated rings. The molecule has 5 nitrogen and oxygen atoms in total. The molecule has 0 aliphatic rings. The molecule has 2 atom stereocenters. The summed E-state index contributed by atoms with van der Waals surface area (Å²) in [4.78, 5) is 23.8.